The first-order chi connectivity index (χ1) is 6.07. The summed E-state index contributed by atoms with van der Waals surface area (Å²) >= 11 is 0. The van der Waals surface area contributed by atoms with Gasteiger partial charge in [0.15, 0.2) is 0 Å². The van der Waals surface area contributed by atoms with Crippen molar-refractivity contribution in [2.45, 2.75) is 26.2 Å². The fourth-order valence-corrected chi connectivity index (χ4v) is 1.12. The van der Waals surface area contributed by atoms with E-state index in [4.69, 9.17) is 4.42 Å². The average molecular weight is 176 g/mol. The highest BCUT2D eigenvalue weighted by Gasteiger charge is 2.17. The molecule has 0 radical (unpaired) electrons. The Kier molecular flexibility index (Phi) is 1.62. The Morgan fingerprint density at radius 2 is 2.08 bits per heavy atom. The van der Waals surface area contributed by atoms with E-state index in [1.54, 1.807) is 12.5 Å². The average Bonchev–Trinajstić information content (AvgIpc) is 2.47. The van der Waals surface area contributed by atoms with Crippen LogP contribution in [0.5, 0.6) is 0 Å². The van der Waals surface area contributed by atoms with Crippen molar-refractivity contribution in [3.05, 3.63) is 24.4 Å². The number of aromatic nitrogens is 2. The van der Waals surface area contributed by atoms with Crippen LogP contribution in [0.4, 0.5) is 0 Å². The minimum atomic E-state index is -0.0268. The molecular weight excluding hydrogens is 164 g/mol. The molecule has 68 valence electrons. The Morgan fingerprint density at radius 3 is 2.77 bits per heavy atom. The zero-order valence-corrected chi connectivity index (χ0v) is 8.03. The normalized spacial score (nSPS) is 12.2. The molecule has 3 heteroatoms. The molecule has 0 spiro atoms. The van der Waals surface area contributed by atoms with Gasteiger partial charge in [0.25, 0.3) is 0 Å². The molecule has 0 atom stereocenters. The van der Waals surface area contributed by atoms with Crippen LogP contribution in [0.25, 0.3) is 11.1 Å². The summed E-state index contributed by atoms with van der Waals surface area (Å²) in [4.78, 5) is 8.61. The van der Waals surface area contributed by atoms with E-state index in [-0.39, 0.29) is 5.41 Å². The zero-order chi connectivity index (χ0) is 9.47. The van der Waals surface area contributed by atoms with Gasteiger partial charge in [0.05, 0.1) is 11.6 Å². The quantitative estimate of drug-likeness (QED) is 0.619. The molecule has 0 aromatic carbocycles. The van der Waals surface area contributed by atoms with Crippen molar-refractivity contribution >= 4 is 11.1 Å². The molecule has 0 saturated heterocycles. The second-order valence-corrected chi connectivity index (χ2v) is 4.12. The van der Waals surface area contributed by atoms with Crippen molar-refractivity contribution in [2.75, 3.05) is 0 Å². The molecular formula is C10H12N2O. The number of rotatable bonds is 0. The molecule has 0 N–H and O–H groups in total. The lowest BCUT2D eigenvalue weighted by atomic mass is 9.96. The van der Waals surface area contributed by atoms with E-state index < -0.39 is 0 Å². The lowest BCUT2D eigenvalue weighted by molar-refractivity contribution is 0.534. The van der Waals surface area contributed by atoms with E-state index in [2.05, 4.69) is 30.7 Å². The molecule has 2 rings (SSSR count). The summed E-state index contributed by atoms with van der Waals surface area (Å²) in [6.07, 6.45) is 3.43. The van der Waals surface area contributed by atoms with Gasteiger partial charge in [-0.1, -0.05) is 20.8 Å². The monoisotopic (exact) mass is 176 g/mol. The molecule has 3 nitrogen and oxygen atoms in total. The van der Waals surface area contributed by atoms with Gasteiger partial charge in [0.2, 0.25) is 5.71 Å². The second-order valence-electron chi connectivity index (χ2n) is 4.12. The fourth-order valence-electron chi connectivity index (χ4n) is 1.12. The van der Waals surface area contributed by atoms with E-state index in [0.29, 0.717) is 5.71 Å². The van der Waals surface area contributed by atoms with Crippen molar-refractivity contribution in [3.63, 3.8) is 0 Å². The van der Waals surface area contributed by atoms with Crippen LogP contribution in [0, 0.1) is 0 Å². The first kappa shape index (κ1) is 8.23. The number of furan rings is 1. The molecule has 0 bridgehead atoms. The lowest BCUT2D eigenvalue weighted by Gasteiger charge is -2.15. The van der Waals surface area contributed by atoms with Crippen molar-refractivity contribution in [1.82, 2.24) is 9.97 Å². The van der Waals surface area contributed by atoms with E-state index in [1.807, 2.05) is 6.07 Å². The standard InChI is InChI=1S/C10H12N2O/c1-10(2,3)9-11-6-7-4-5-13-8(7)12-9/h4-6H,1-3H3. The minimum absolute atomic E-state index is 0.0268. The smallest absolute Gasteiger partial charge is 0.229 e. The molecule has 0 aliphatic heterocycles. The Hall–Kier alpha value is -1.38. The van der Waals surface area contributed by atoms with Crippen LogP contribution in [-0.2, 0) is 5.41 Å². The van der Waals surface area contributed by atoms with E-state index >= 15 is 0 Å². The highest BCUT2D eigenvalue weighted by Crippen LogP contribution is 2.20. The van der Waals surface area contributed by atoms with E-state index in [1.165, 1.54) is 0 Å². The first-order valence-corrected chi connectivity index (χ1v) is 4.28. The highest BCUT2D eigenvalue weighted by molar-refractivity contribution is 5.71. The summed E-state index contributed by atoms with van der Waals surface area (Å²) in [6.45, 7) is 6.24. The lowest BCUT2D eigenvalue weighted by Crippen LogP contribution is -2.15. The van der Waals surface area contributed by atoms with Gasteiger partial charge in [0.1, 0.15) is 5.82 Å². The Morgan fingerprint density at radius 1 is 1.31 bits per heavy atom. The number of fused-ring (bicyclic) bond motifs is 1. The highest BCUT2D eigenvalue weighted by atomic mass is 16.3. The minimum Gasteiger partial charge on any atom is -0.446 e. The summed E-state index contributed by atoms with van der Waals surface area (Å²) in [5.41, 5.74) is 0.640. The maximum absolute atomic E-state index is 5.20. The SMILES string of the molecule is CC(C)(C)c1ncc2ccoc2n1. The summed E-state index contributed by atoms with van der Waals surface area (Å²) in [6, 6.07) is 1.86. The predicted octanol–water partition coefficient (Wildman–Crippen LogP) is 2.52. The molecule has 0 aliphatic carbocycles. The van der Waals surface area contributed by atoms with Gasteiger partial charge in [-0.2, -0.15) is 4.98 Å². The van der Waals surface area contributed by atoms with Crippen LogP contribution in [0.3, 0.4) is 0 Å². The van der Waals surface area contributed by atoms with E-state index in [9.17, 15) is 0 Å². The molecule has 2 aromatic heterocycles. The molecule has 0 amide bonds. The fraction of sp³-hybridized carbons (Fsp3) is 0.400. The number of hydrogen-bond donors (Lipinski definition) is 0. The molecule has 0 saturated carbocycles. The zero-order valence-electron chi connectivity index (χ0n) is 8.03. The summed E-state index contributed by atoms with van der Waals surface area (Å²) < 4.78 is 5.20. The molecule has 0 aliphatic rings. The maximum atomic E-state index is 5.20. The summed E-state index contributed by atoms with van der Waals surface area (Å²) in [5.74, 6) is 0.815. The third-order valence-corrected chi connectivity index (χ3v) is 1.88. The third-order valence-electron chi connectivity index (χ3n) is 1.88. The van der Waals surface area contributed by atoms with Crippen LogP contribution in [-0.4, -0.2) is 9.97 Å². The van der Waals surface area contributed by atoms with Crippen LogP contribution in [0.2, 0.25) is 0 Å². The van der Waals surface area contributed by atoms with E-state index in [0.717, 1.165) is 11.2 Å². The molecule has 13 heavy (non-hydrogen) atoms. The van der Waals surface area contributed by atoms with Gasteiger partial charge in [0, 0.05) is 11.6 Å². The molecule has 0 fully saturated rings. The van der Waals surface area contributed by atoms with Crippen LogP contribution >= 0.6 is 0 Å². The summed E-state index contributed by atoms with van der Waals surface area (Å²) in [5, 5.41) is 0.952. The number of hydrogen-bond acceptors (Lipinski definition) is 3. The Labute approximate surface area is 76.8 Å². The Bertz CT molecular complexity index is 426. The van der Waals surface area contributed by atoms with Crippen molar-refractivity contribution < 1.29 is 4.42 Å². The van der Waals surface area contributed by atoms with Gasteiger partial charge in [-0.15, -0.1) is 0 Å². The van der Waals surface area contributed by atoms with Crippen molar-refractivity contribution in [3.8, 4) is 0 Å². The summed E-state index contributed by atoms with van der Waals surface area (Å²) in [7, 11) is 0. The molecule has 0 unspecified atom stereocenters. The maximum Gasteiger partial charge on any atom is 0.229 e. The van der Waals surface area contributed by atoms with Gasteiger partial charge in [-0.05, 0) is 6.07 Å². The van der Waals surface area contributed by atoms with Crippen LogP contribution < -0.4 is 0 Å². The topological polar surface area (TPSA) is 38.9 Å². The van der Waals surface area contributed by atoms with Crippen LogP contribution in [0.15, 0.2) is 22.9 Å². The molecule has 2 heterocycles. The van der Waals surface area contributed by atoms with Gasteiger partial charge in [-0.3, -0.25) is 0 Å². The number of nitrogens with zero attached hydrogens (tertiary/aromatic N) is 2. The van der Waals surface area contributed by atoms with Crippen LogP contribution in [0.1, 0.15) is 26.6 Å². The van der Waals surface area contributed by atoms with Gasteiger partial charge < -0.3 is 4.42 Å². The largest absolute Gasteiger partial charge is 0.446 e. The second kappa shape index (κ2) is 2.55. The third kappa shape index (κ3) is 1.41. The predicted molar refractivity (Wildman–Crippen MR) is 50.5 cm³/mol. The van der Waals surface area contributed by atoms with Crippen molar-refractivity contribution in [2.24, 2.45) is 0 Å². The van der Waals surface area contributed by atoms with Crippen molar-refractivity contribution in [1.29, 1.82) is 0 Å². The Balaban J connectivity index is 2.61. The van der Waals surface area contributed by atoms with Gasteiger partial charge in [-0.25, -0.2) is 4.98 Å². The van der Waals surface area contributed by atoms with Gasteiger partial charge >= 0.3 is 0 Å². The first-order valence-electron chi connectivity index (χ1n) is 4.28. The molecule has 2 aromatic rings.